The van der Waals surface area contributed by atoms with E-state index in [4.69, 9.17) is 0 Å². The second-order valence-electron chi connectivity index (χ2n) is 7.89. The summed E-state index contributed by atoms with van der Waals surface area (Å²) in [5.41, 5.74) is 1.67. The molecular weight excluding hydrogens is 390 g/mol. The first-order valence-corrected chi connectivity index (χ1v) is 10.6. The van der Waals surface area contributed by atoms with Crippen LogP contribution in [0.5, 0.6) is 5.75 Å². The lowest BCUT2D eigenvalue weighted by molar-refractivity contribution is -0.132. The Kier molecular flexibility index (Phi) is 6.48. The summed E-state index contributed by atoms with van der Waals surface area (Å²) < 4.78 is 0. The molecule has 0 radical (unpaired) electrons. The predicted octanol–water partition coefficient (Wildman–Crippen LogP) is 3.01. The fourth-order valence-electron chi connectivity index (χ4n) is 3.94. The predicted molar refractivity (Wildman–Crippen MR) is 121 cm³/mol. The fourth-order valence-corrected chi connectivity index (χ4v) is 3.94. The maximum Gasteiger partial charge on any atom is 0.251 e. The van der Waals surface area contributed by atoms with Crippen LogP contribution >= 0.6 is 0 Å². The van der Waals surface area contributed by atoms with Crippen LogP contribution in [-0.4, -0.2) is 59.4 Å². The Morgan fingerprint density at radius 3 is 2.42 bits per heavy atom. The molecule has 1 saturated heterocycles. The number of nitrogens with one attached hydrogen (secondary N) is 1. The van der Waals surface area contributed by atoms with Crippen LogP contribution in [0.2, 0.25) is 0 Å². The van der Waals surface area contributed by atoms with Crippen LogP contribution < -0.4 is 5.32 Å². The number of benzene rings is 3. The highest BCUT2D eigenvalue weighted by atomic mass is 16.3. The molecule has 160 valence electrons. The Morgan fingerprint density at radius 2 is 1.65 bits per heavy atom. The van der Waals surface area contributed by atoms with E-state index in [2.05, 4.69) is 10.2 Å². The lowest BCUT2D eigenvalue weighted by Gasteiger charge is -2.34. The van der Waals surface area contributed by atoms with Crippen molar-refractivity contribution < 1.29 is 14.7 Å². The standard InChI is InChI=1S/C25H27N3O3/c29-23-7-3-4-19(16-23)18-27-12-14-28(15-13-27)24(30)10-11-26-25(31)22-9-8-20-5-1-2-6-21(20)17-22/h1-9,16-17,29H,10-15,18H2,(H,26,31). The highest BCUT2D eigenvalue weighted by Crippen LogP contribution is 2.16. The third-order valence-corrected chi connectivity index (χ3v) is 5.68. The normalized spacial score (nSPS) is 14.5. The van der Waals surface area contributed by atoms with Gasteiger partial charge in [0.1, 0.15) is 5.75 Å². The van der Waals surface area contributed by atoms with Crippen molar-refractivity contribution >= 4 is 22.6 Å². The Morgan fingerprint density at radius 1 is 0.871 bits per heavy atom. The molecule has 0 aromatic heterocycles. The van der Waals surface area contributed by atoms with E-state index < -0.39 is 0 Å². The van der Waals surface area contributed by atoms with Crippen LogP contribution in [0.3, 0.4) is 0 Å². The van der Waals surface area contributed by atoms with Crippen LogP contribution in [0.15, 0.2) is 66.7 Å². The number of hydrogen-bond donors (Lipinski definition) is 2. The number of hydrogen-bond acceptors (Lipinski definition) is 4. The van der Waals surface area contributed by atoms with E-state index in [9.17, 15) is 14.7 Å². The summed E-state index contributed by atoms with van der Waals surface area (Å²) in [5, 5.41) is 14.6. The van der Waals surface area contributed by atoms with Crippen molar-refractivity contribution in [1.82, 2.24) is 15.1 Å². The first kappa shape index (κ1) is 20.9. The number of piperazine rings is 1. The SMILES string of the molecule is O=C(NCCC(=O)N1CCN(Cc2cccc(O)c2)CC1)c1ccc2ccccc2c1. The number of fused-ring (bicyclic) bond motifs is 1. The van der Waals surface area contributed by atoms with E-state index in [0.29, 0.717) is 31.6 Å². The van der Waals surface area contributed by atoms with Gasteiger partial charge in [-0.25, -0.2) is 0 Å². The maximum atomic E-state index is 12.5. The minimum Gasteiger partial charge on any atom is -0.508 e. The Bertz CT molecular complexity index is 1070. The number of phenols is 1. The van der Waals surface area contributed by atoms with Crippen molar-refractivity contribution in [1.29, 1.82) is 0 Å². The molecule has 6 nitrogen and oxygen atoms in total. The number of carbonyl (C=O) groups excluding carboxylic acids is 2. The summed E-state index contributed by atoms with van der Waals surface area (Å²) in [6.45, 7) is 4.04. The lowest BCUT2D eigenvalue weighted by atomic mass is 10.1. The molecule has 0 atom stereocenters. The third-order valence-electron chi connectivity index (χ3n) is 5.68. The molecule has 0 spiro atoms. The third kappa shape index (κ3) is 5.41. The molecule has 1 fully saturated rings. The minimum atomic E-state index is -0.158. The molecule has 0 saturated carbocycles. The van der Waals surface area contributed by atoms with Crippen LogP contribution in [-0.2, 0) is 11.3 Å². The molecule has 3 aromatic rings. The monoisotopic (exact) mass is 417 g/mol. The van der Waals surface area contributed by atoms with Crippen LogP contribution in [0.1, 0.15) is 22.3 Å². The van der Waals surface area contributed by atoms with Gasteiger partial charge in [0.25, 0.3) is 5.91 Å². The first-order chi connectivity index (χ1) is 15.1. The molecule has 6 heteroatoms. The molecule has 3 aromatic carbocycles. The summed E-state index contributed by atoms with van der Waals surface area (Å²) in [6.07, 6.45) is 0.297. The second kappa shape index (κ2) is 9.62. The highest BCUT2D eigenvalue weighted by molar-refractivity contribution is 5.98. The summed E-state index contributed by atoms with van der Waals surface area (Å²) in [6, 6.07) is 20.8. The average molecular weight is 418 g/mol. The van der Waals surface area contributed by atoms with E-state index in [1.165, 1.54) is 0 Å². The molecule has 1 aliphatic rings. The van der Waals surface area contributed by atoms with Crippen molar-refractivity contribution in [3.63, 3.8) is 0 Å². The van der Waals surface area contributed by atoms with Gasteiger partial charge >= 0.3 is 0 Å². The van der Waals surface area contributed by atoms with Gasteiger partial charge in [-0.1, -0.05) is 42.5 Å². The Labute approximate surface area is 182 Å². The largest absolute Gasteiger partial charge is 0.508 e. The Hall–Kier alpha value is -3.38. The molecule has 2 N–H and O–H groups in total. The number of nitrogens with zero attached hydrogens (tertiary/aromatic N) is 2. The molecule has 2 amide bonds. The van der Waals surface area contributed by atoms with Crippen molar-refractivity contribution in [2.24, 2.45) is 0 Å². The molecule has 4 rings (SSSR count). The van der Waals surface area contributed by atoms with Gasteiger partial charge in [-0.2, -0.15) is 0 Å². The molecule has 0 bridgehead atoms. The van der Waals surface area contributed by atoms with Gasteiger partial charge in [0.2, 0.25) is 5.91 Å². The van der Waals surface area contributed by atoms with Gasteiger partial charge in [-0.3, -0.25) is 14.5 Å². The van der Waals surface area contributed by atoms with Crippen molar-refractivity contribution in [2.75, 3.05) is 32.7 Å². The first-order valence-electron chi connectivity index (χ1n) is 10.6. The number of aromatic hydroxyl groups is 1. The van der Waals surface area contributed by atoms with E-state index in [1.54, 1.807) is 12.1 Å². The minimum absolute atomic E-state index is 0.0656. The number of rotatable bonds is 6. The van der Waals surface area contributed by atoms with Crippen LogP contribution in [0, 0.1) is 0 Å². The van der Waals surface area contributed by atoms with Gasteiger partial charge in [-0.15, -0.1) is 0 Å². The van der Waals surface area contributed by atoms with Crippen molar-refractivity contribution in [2.45, 2.75) is 13.0 Å². The van der Waals surface area contributed by atoms with Crippen molar-refractivity contribution in [3.8, 4) is 5.75 Å². The summed E-state index contributed by atoms with van der Waals surface area (Å²) >= 11 is 0. The molecule has 0 unspecified atom stereocenters. The van der Waals surface area contributed by atoms with Gasteiger partial charge in [-0.05, 0) is 40.6 Å². The lowest BCUT2D eigenvalue weighted by Crippen LogP contribution is -2.48. The van der Waals surface area contributed by atoms with Gasteiger partial charge in [0.05, 0.1) is 0 Å². The van der Waals surface area contributed by atoms with E-state index in [-0.39, 0.29) is 17.6 Å². The van der Waals surface area contributed by atoms with E-state index in [1.807, 2.05) is 59.5 Å². The van der Waals surface area contributed by atoms with Crippen LogP contribution in [0.25, 0.3) is 10.8 Å². The zero-order valence-corrected chi connectivity index (χ0v) is 17.5. The van der Waals surface area contributed by atoms with Gasteiger partial charge < -0.3 is 15.3 Å². The fraction of sp³-hybridized carbons (Fsp3) is 0.280. The maximum absolute atomic E-state index is 12.5. The summed E-state index contributed by atoms with van der Waals surface area (Å²) in [5.74, 6) is 0.183. The summed E-state index contributed by atoms with van der Waals surface area (Å²) in [4.78, 5) is 29.1. The molecular formula is C25H27N3O3. The van der Waals surface area contributed by atoms with Gasteiger partial charge in [0, 0.05) is 51.3 Å². The zero-order chi connectivity index (χ0) is 21.6. The summed E-state index contributed by atoms with van der Waals surface area (Å²) in [7, 11) is 0. The quantitative estimate of drug-likeness (QED) is 0.647. The average Bonchev–Trinajstić information content (AvgIpc) is 2.79. The molecule has 31 heavy (non-hydrogen) atoms. The Balaban J connectivity index is 1.20. The molecule has 1 heterocycles. The number of phenolic OH excluding ortho intramolecular Hbond substituents is 1. The number of carbonyl (C=O) groups is 2. The molecule has 0 aliphatic carbocycles. The van der Waals surface area contributed by atoms with E-state index >= 15 is 0 Å². The smallest absolute Gasteiger partial charge is 0.251 e. The van der Waals surface area contributed by atoms with Crippen LogP contribution in [0.4, 0.5) is 0 Å². The van der Waals surface area contributed by atoms with E-state index in [0.717, 1.165) is 36.0 Å². The van der Waals surface area contributed by atoms with Gasteiger partial charge in [0.15, 0.2) is 0 Å². The molecule has 1 aliphatic heterocycles. The topological polar surface area (TPSA) is 72.9 Å². The zero-order valence-electron chi connectivity index (χ0n) is 17.5. The highest BCUT2D eigenvalue weighted by Gasteiger charge is 2.21. The number of amides is 2. The second-order valence-corrected chi connectivity index (χ2v) is 7.89. The van der Waals surface area contributed by atoms with Crippen molar-refractivity contribution in [3.05, 3.63) is 77.9 Å².